The molecule has 0 radical (unpaired) electrons. The average Bonchev–Trinajstić information content (AvgIpc) is 3.18. The zero-order chi connectivity index (χ0) is 20.4. The number of thiazole rings is 1. The van der Waals surface area contributed by atoms with Crippen LogP contribution < -0.4 is 21.7 Å². The number of anilines is 3. The Balaban J connectivity index is 1.56. The maximum absolute atomic E-state index is 12.9. The fourth-order valence-electron chi connectivity index (χ4n) is 3.53. The number of piperidine rings is 1. The highest BCUT2D eigenvalue weighted by molar-refractivity contribution is 7.13. The number of carbonyl (C=O) groups is 1. The Bertz CT molecular complexity index is 1030. The first-order valence-electron chi connectivity index (χ1n) is 9.58. The van der Waals surface area contributed by atoms with Crippen LogP contribution in [0.5, 0.6) is 0 Å². The van der Waals surface area contributed by atoms with E-state index in [9.17, 15) is 4.79 Å². The average molecular weight is 409 g/mol. The van der Waals surface area contributed by atoms with Gasteiger partial charge in [0.15, 0.2) is 0 Å². The van der Waals surface area contributed by atoms with Crippen molar-refractivity contribution in [2.75, 3.05) is 29.0 Å². The Morgan fingerprint density at radius 3 is 2.97 bits per heavy atom. The Kier molecular flexibility index (Phi) is 5.46. The summed E-state index contributed by atoms with van der Waals surface area (Å²) in [6.45, 7) is 3.64. The summed E-state index contributed by atoms with van der Waals surface area (Å²) >= 11 is 1.42. The Hall–Kier alpha value is -2.97. The summed E-state index contributed by atoms with van der Waals surface area (Å²) in [4.78, 5) is 23.8. The van der Waals surface area contributed by atoms with Gasteiger partial charge in [-0.25, -0.2) is 4.98 Å². The zero-order valence-corrected chi connectivity index (χ0v) is 17.1. The van der Waals surface area contributed by atoms with Crippen molar-refractivity contribution in [3.8, 4) is 10.6 Å². The zero-order valence-electron chi connectivity index (χ0n) is 16.3. The molecule has 3 aromatic rings. The van der Waals surface area contributed by atoms with Crippen molar-refractivity contribution in [2.45, 2.75) is 25.8 Å². The van der Waals surface area contributed by atoms with Gasteiger partial charge in [0.2, 0.25) is 0 Å². The number of nitrogen functional groups attached to an aromatic ring is 1. The summed E-state index contributed by atoms with van der Waals surface area (Å²) < 4.78 is 0. The van der Waals surface area contributed by atoms with Crippen molar-refractivity contribution in [3.05, 3.63) is 53.3 Å². The van der Waals surface area contributed by atoms with Crippen molar-refractivity contribution < 1.29 is 4.79 Å². The number of nitrogens with zero attached hydrogens (tertiary/aromatic N) is 3. The fraction of sp³-hybridized carbons (Fsp3) is 0.286. The molecule has 3 heterocycles. The molecule has 0 bridgehead atoms. The van der Waals surface area contributed by atoms with Gasteiger partial charge >= 0.3 is 0 Å². The van der Waals surface area contributed by atoms with Crippen LogP contribution in [0.4, 0.5) is 17.1 Å². The van der Waals surface area contributed by atoms with Crippen LogP contribution in [0.25, 0.3) is 10.6 Å². The summed E-state index contributed by atoms with van der Waals surface area (Å²) in [5.74, 6) is -0.263. The number of nitrogens with one attached hydrogen (secondary N) is 1. The first-order chi connectivity index (χ1) is 14.0. The van der Waals surface area contributed by atoms with Crippen LogP contribution in [0, 0.1) is 6.92 Å². The van der Waals surface area contributed by atoms with Crippen molar-refractivity contribution in [2.24, 2.45) is 5.73 Å². The van der Waals surface area contributed by atoms with E-state index >= 15 is 0 Å². The summed E-state index contributed by atoms with van der Waals surface area (Å²) in [5, 5.41) is 5.51. The van der Waals surface area contributed by atoms with E-state index in [2.05, 4.69) is 20.2 Å². The van der Waals surface area contributed by atoms with E-state index < -0.39 is 0 Å². The molecule has 7 nitrogen and oxygen atoms in total. The number of amides is 1. The minimum absolute atomic E-state index is 0.133. The molecule has 29 heavy (non-hydrogen) atoms. The van der Waals surface area contributed by atoms with E-state index in [0.29, 0.717) is 17.1 Å². The van der Waals surface area contributed by atoms with Crippen molar-refractivity contribution >= 4 is 34.3 Å². The number of nitrogens with two attached hydrogens (primary N) is 2. The molecule has 1 aromatic carbocycles. The van der Waals surface area contributed by atoms with Gasteiger partial charge in [0.05, 0.1) is 11.4 Å². The van der Waals surface area contributed by atoms with Crippen LogP contribution in [-0.2, 0) is 0 Å². The quantitative estimate of drug-likeness (QED) is 0.572. The van der Waals surface area contributed by atoms with Crippen molar-refractivity contribution in [3.63, 3.8) is 0 Å². The predicted molar refractivity (Wildman–Crippen MR) is 118 cm³/mol. The van der Waals surface area contributed by atoms with E-state index in [-0.39, 0.29) is 11.9 Å². The standard InChI is InChI=1S/C21H24N6OS/c1-13-7-14(10-24-9-13)21-26-18(12-29-21)20(28)25-17-8-15(22)4-5-19(17)27-6-2-3-16(23)11-27/h4-5,7-10,12,16H,2-3,6,11,22-23H2,1H3,(H,25,28). The highest BCUT2D eigenvalue weighted by atomic mass is 32.1. The van der Waals surface area contributed by atoms with E-state index in [1.54, 1.807) is 23.8 Å². The van der Waals surface area contributed by atoms with Crippen LogP contribution in [0.15, 0.2) is 42.0 Å². The van der Waals surface area contributed by atoms with Crippen molar-refractivity contribution in [1.82, 2.24) is 9.97 Å². The second kappa shape index (κ2) is 8.18. The first kappa shape index (κ1) is 19.4. The second-order valence-corrected chi connectivity index (χ2v) is 8.23. The third-order valence-electron chi connectivity index (χ3n) is 4.93. The number of carbonyl (C=O) groups excluding carboxylic acids is 1. The predicted octanol–water partition coefficient (Wildman–Crippen LogP) is 3.28. The molecule has 8 heteroatoms. The van der Waals surface area contributed by atoms with Gasteiger partial charge in [-0.1, -0.05) is 0 Å². The highest BCUT2D eigenvalue weighted by Gasteiger charge is 2.21. The lowest BCUT2D eigenvalue weighted by Crippen LogP contribution is -2.43. The van der Waals surface area contributed by atoms with Gasteiger partial charge in [-0.15, -0.1) is 11.3 Å². The van der Waals surface area contributed by atoms with Crippen LogP contribution >= 0.6 is 11.3 Å². The van der Waals surface area contributed by atoms with Gasteiger partial charge < -0.3 is 21.7 Å². The number of aromatic nitrogens is 2. The molecule has 5 N–H and O–H groups in total. The fourth-order valence-corrected chi connectivity index (χ4v) is 4.31. The third kappa shape index (κ3) is 4.38. The minimum atomic E-state index is -0.263. The van der Waals surface area contributed by atoms with Gasteiger partial charge in [-0.2, -0.15) is 0 Å². The van der Waals surface area contributed by atoms with Crippen LogP contribution in [0.3, 0.4) is 0 Å². The molecule has 1 atom stereocenters. The SMILES string of the molecule is Cc1cncc(-c2nc(C(=O)Nc3cc(N)ccc3N3CCCC(N)C3)cs2)c1. The van der Waals surface area contributed by atoms with E-state index in [1.165, 1.54) is 11.3 Å². The Labute approximate surface area is 173 Å². The van der Waals surface area contributed by atoms with Gasteiger partial charge in [0.25, 0.3) is 5.91 Å². The summed E-state index contributed by atoms with van der Waals surface area (Å²) in [7, 11) is 0. The molecule has 2 aromatic heterocycles. The molecule has 150 valence electrons. The summed E-state index contributed by atoms with van der Waals surface area (Å²) in [6, 6.07) is 7.70. The smallest absolute Gasteiger partial charge is 0.275 e. The molecule has 1 amide bonds. The number of hydrogen-bond acceptors (Lipinski definition) is 7. The summed E-state index contributed by atoms with van der Waals surface area (Å²) in [6.07, 6.45) is 5.59. The van der Waals surface area contributed by atoms with Gasteiger partial charge in [0.1, 0.15) is 10.7 Å². The highest BCUT2D eigenvalue weighted by Crippen LogP contribution is 2.31. The van der Waals surface area contributed by atoms with Gasteiger partial charge in [-0.3, -0.25) is 9.78 Å². The molecule has 1 unspecified atom stereocenters. The lowest BCUT2D eigenvalue weighted by atomic mass is 10.1. The van der Waals surface area contributed by atoms with Crippen molar-refractivity contribution in [1.29, 1.82) is 0 Å². The molecule has 1 aliphatic heterocycles. The summed E-state index contributed by atoms with van der Waals surface area (Å²) in [5.41, 5.74) is 16.6. The van der Waals surface area contributed by atoms with Crippen LogP contribution in [0.2, 0.25) is 0 Å². The van der Waals surface area contributed by atoms with E-state index in [0.717, 1.165) is 47.8 Å². The number of pyridine rings is 1. The van der Waals surface area contributed by atoms with Gasteiger partial charge in [0, 0.05) is 48.2 Å². The number of rotatable bonds is 4. The Morgan fingerprint density at radius 2 is 2.17 bits per heavy atom. The topological polar surface area (TPSA) is 110 Å². The maximum atomic E-state index is 12.9. The molecule has 0 aliphatic carbocycles. The normalized spacial score (nSPS) is 16.6. The van der Waals surface area contributed by atoms with E-state index in [4.69, 9.17) is 11.5 Å². The molecule has 0 spiro atoms. The molecule has 1 aliphatic rings. The first-order valence-corrected chi connectivity index (χ1v) is 10.5. The molecular formula is C21H24N6OS. The molecule has 0 saturated carbocycles. The largest absolute Gasteiger partial charge is 0.399 e. The number of hydrogen-bond donors (Lipinski definition) is 3. The lowest BCUT2D eigenvalue weighted by molar-refractivity contribution is 0.102. The molecular weight excluding hydrogens is 384 g/mol. The molecule has 1 saturated heterocycles. The van der Waals surface area contributed by atoms with Crippen LogP contribution in [-0.4, -0.2) is 35.0 Å². The van der Waals surface area contributed by atoms with E-state index in [1.807, 2.05) is 25.1 Å². The lowest BCUT2D eigenvalue weighted by Gasteiger charge is -2.34. The number of aryl methyl sites for hydroxylation is 1. The molecule has 1 fully saturated rings. The molecule has 4 rings (SSSR count). The van der Waals surface area contributed by atoms with Crippen LogP contribution in [0.1, 0.15) is 28.9 Å². The third-order valence-corrected chi connectivity index (χ3v) is 5.82. The van der Waals surface area contributed by atoms with Gasteiger partial charge in [-0.05, 0) is 49.6 Å². The Morgan fingerprint density at radius 1 is 1.31 bits per heavy atom. The monoisotopic (exact) mass is 408 g/mol. The number of benzene rings is 1. The maximum Gasteiger partial charge on any atom is 0.275 e. The second-order valence-electron chi connectivity index (χ2n) is 7.37. The minimum Gasteiger partial charge on any atom is -0.399 e.